The summed E-state index contributed by atoms with van der Waals surface area (Å²) in [5, 5.41) is 3.11. The number of carbonyl (C=O) groups is 2. The van der Waals surface area contributed by atoms with Crippen LogP contribution in [0, 0.1) is 6.92 Å². The van der Waals surface area contributed by atoms with E-state index in [-0.39, 0.29) is 24.4 Å². The number of ether oxygens (including phenoxy) is 3. The first-order valence-corrected chi connectivity index (χ1v) is 11.7. The Balaban J connectivity index is 1.56. The highest BCUT2D eigenvalue weighted by Gasteiger charge is 2.19. The predicted molar refractivity (Wildman–Crippen MR) is 134 cm³/mol. The van der Waals surface area contributed by atoms with Crippen molar-refractivity contribution >= 4 is 33.0 Å². The first-order valence-electron chi connectivity index (χ1n) is 10.8. The fourth-order valence-corrected chi connectivity index (χ4v) is 4.89. The summed E-state index contributed by atoms with van der Waals surface area (Å²) < 4.78 is 17.2. The molecule has 0 unspecified atom stereocenters. The van der Waals surface area contributed by atoms with Crippen LogP contribution in [-0.2, 0) is 0 Å². The van der Waals surface area contributed by atoms with E-state index in [1.807, 2.05) is 17.5 Å². The van der Waals surface area contributed by atoms with Gasteiger partial charge in [0.1, 0.15) is 17.1 Å². The van der Waals surface area contributed by atoms with Gasteiger partial charge in [-0.3, -0.25) is 9.59 Å². The number of methoxy groups -OCH3 is 3. The van der Waals surface area contributed by atoms with Crippen molar-refractivity contribution in [1.29, 1.82) is 0 Å². The molecule has 0 saturated carbocycles. The van der Waals surface area contributed by atoms with Crippen molar-refractivity contribution in [3.63, 3.8) is 0 Å². The second-order valence-electron chi connectivity index (χ2n) is 7.76. The van der Waals surface area contributed by atoms with Crippen LogP contribution in [0.5, 0.6) is 17.2 Å². The monoisotopic (exact) mass is 475 g/mol. The average molecular weight is 476 g/mol. The Morgan fingerprint density at radius 3 is 2.29 bits per heavy atom. The quantitative estimate of drug-likeness (QED) is 0.271. The molecule has 34 heavy (non-hydrogen) atoms. The van der Waals surface area contributed by atoms with Crippen LogP contribution < -0.4 is 14.2 Å². The number of aryl methyl sites for hydroxylation is 1. The van der Waals surface area contributed by atoms with Gasteiger partial charge in [-0.15, -0.1) is 11.3 Å². The topological polar surface area (TPSA) is 74.7 Å². The molecule has 0 radical (unpaired) electrons. The summed E-state index contributed by atoms with van der Waals surface area (Å²) in [6, 6.07) is 14.5. The number of hydrogen-bond donors (Lipinski definition) is 0. The van der Waals surface area contributed by atoms with Crippen molar-refractivity contribution in [1.82, 2.24) is 4.98 Å². The van der Waals surface area contributed by atoms with E-state index in [1.54, 1.807) is 48.8 Å². The molecule has 2 heterocycles. The number of hydrogen-bond acceptors (Lipinski definition) is 7. The highest BCUT2D eigenvalue weighted by Crippen LogP contribution is 2.39. The zero-order chi connectivity index (χ0) is 24.2. The van der Waals surface area contributed by atoms with Crippen LogP contribution in [0.4, 0.5) is 0 Å². The summed E-state index contributed by atoms with van der Waals surface area (Å²) in [5.41, 5.74) is 3.51. The largest absolute Gasteiger partial charge is 0.494 e. The molecule has 0 bridgehead atoms. The maximum Gasteiger partial charge on any atom is 0.181 e. The van der Waals surface area contributed by atoms with Crippen LogP contribution in [0.2, 0.25) is 0 Å². The van der Waals surface area contributed by atoms with Crippen molar-refractivity contribution in [3.8, 4) is 28.5 Å². The van der Waals surface area contributed by atoms with Crippen LogP contribution in [0.25, 0.3) is 21.3 Å². The maximum atomic E-state index is 12.9. The van der Waals surface area contributed by atoms with Gasteiger partial charge in [-0.05, 0) is 42.8 Å². The zero-order valence-corrected chi connectivity index (χ0v) is 20.3. The Hall–Kier alpha value is -3.71. The van der Waals surface area contributed by atoms with Crippen molar-refractivity contribution in [3.05, 3.63) is 70.7 Å². The molecule has 0 amide bonds. The molecule has 7 heteroatoms. The van der Waals surface area contributed by atoms with Crippen molar-refractivity contribution in [2.45, 2.75) is 19.8 Å². The van der Waals surface area contributed by atoms with Crippen LogP contribution in [0.15, 0.2) is 53.9 Å². The van der Waals surface area contributed by atoms with Gasteiger partial charge in [0.2, 0.25) is 0 Å². The lowest BCUT2D eigenvalue weighted by Crippen LogP contribution is -2.08. The predicted octanol–water partition coefficient (Wildman–Crippen LogP) is 6.14. The molecule has 0 saturated heterocycles. The number of carbonyl (C=O) groups excluding carboxylic acids is 2. The lowest BCUT2D eigenvalue weighted by molar-refractivity contribution is 0.0915. The summed E-state index contributed by atoms with van der Waals surface area (Å²) >= 11 is 1.64. The van der Waals surface area contributed by atoms with Gasteiger partial charge >= 0.3 is 0 Å². The normalized spacial score (nSPS) is 10.8. The zero-order valence-electron chi connectivity index (χ0n) is 19.5. The van der Waals surface area contributed by atoms with Gasteiger partial charge in [0.25, 0.3) is 0 Å². The first kappa shape index (κ1) is 23.4. The molecule has 6 nitrogen and oxygen atoms in total. The van der Waals surface area contributed by atoms with Crippen LogP contribution in [-0.4, -0.2) is 37.9 Å². The number of thiophene rings is 1. The van der Waals surface area contributed by atoms with Crippen molar-refractivity contribution < 1.29 is 23.8 Å². The lowest BCUT2D eigenvalue weighted by atomic mass is 10.0. The van der Waals surface area contributed by atoms with Gasteiger partial charge in [-0.1, -0.05) is 18.2 Å². The molecule has 2 aromatic heterocycles. The van der Waals surface area contributed by atoms with E-state index < -0.39 is 0 Å². The first-order chi connectivity index (χ1) is 16.5. The third-order valence-corrected chi connectivity index (χ3v) is 6.83. The van der Waals surface area contributed by atoms with Gasteiger partial charge in [-0.2, -0.15) is 0 Å². The standard InChI is InChI=1S/C27H25NO5S/c1-16-6-5-7-18-19(15-34-27(16)18)26-24(32-3)13-9-20(28-26)22(30)11-10-21(29)17-8-12-23(31-2)25(14-17)33-4/h5-9,12-15H,10-11H2,1-4H3. The Morgan fingerprint density at radius 1 is 0.853 bits per heavy atom. The highest BCUT2D eigenvalue weighted by atomic mass is 32.1. The second-order valence-corrected chi connectivity index (χ2v) is 8.64. The van der Waals surface area contributed by atoms with E-state index in [2.05, 4.69) is 18.0 Å². The number of fused-ring (bicyclic) bond motifs is 1. The smallest absolute Gasteiger partial charge is 0.181 e. The molecular weight excluding hydrogens is 450 g/mol. The SMILES string of the molecule is COc1ccc(C(=O)CCC(=O)c2ccc(OC)c(-c3csc4c(C)cccc34)n2)cc1OC. The number of aromatic nitrogens is 1. The van der Waals surface area contributed by atoms with E-state index in [4.69, 9.17) is 14.2 Å². The Kier molecular flexibility index (Phi) is 6.93. The van der Waals surface area contributed by atoms with Crippen molar-refractivity contribution in [2.24, 2.45) is 0 Å². The molecule has 4 rings (SSSR count). The molecular formula is C27H25NO5S. The Morgan fingerprint density at radius 2 is 1.56 bits per heavy atom. The number of nitrogens with zero attached hydrogens (tertiary/aromatic N) is 1. The lowest BCUT2D eigenvalue weighted by Gasteiger charge is -2.10. The Bertz CT molecular complexity index is 1370. The van der Waals surface area contributed by atoms with Crippen LogP contribution in [0.3, 0.4) is 0 Å². The van der Waals surface area contributed by atoms with Crippen molar-refractivity contribution in [2.75, 3.05) is 21.3 Å². The summed E-state index contributed by atoms with van der Waals surface area (Å²) in [6.45, 7) is 2.07. The summed E-state index contributed by atoms with van der Waals surface area (Å²) in [4.78, 5) is 30.3. The number of ketones is 2. The van der Waals surface area contributed by atoms with E-state index in [0.29, 0.717) is 34.2 Å². The fourth-order valence-electron chi connectivity index (χ4n) is 3.85. The van der Waals surface area contributed by atoms with E-state index in [9.17, 15) is 9.59 Å². The second kappa shape index (κ2) is 10.1. The molecule has 174 valence electrons. The minimum Gasteiger partial charge on any atom is -0.494 e. The third kappa shape index (κ3) is 4.52. The molecule has 2 aromatic carbocycles. The number of pyridine rings is 1. The highest BCUT2D eigenvalue weighted by molar-refractivity contribution is 7.18. The molecule has 4 aromatic rings. The van der Waals surface area contributed by atoms with Crippen LogP contribution >= 0.6 is 11.3 Å². The number of Topliss-reactive ketones (excluding diaryl/α,β-unsaturated/α-hetero) is 2. The van der Waals surface area contributed by atoms with E-state index in [1.165, 1.54) is 24.5 Å². The summed E-state index contributed by atoms with van der Waals surface area (Å²) in [6.07, 6.45) is 0.118. The molecule has 0 spiro atoms. The Labute approximate surface area is 202 Å². The summed E-state index contributed by atoms with van der Waals surface area (Å²) in [7, 11) is 4.64. The van der Waals surface area contributed by atoms with E-state index >= 15 is 0 Å². The van der Waals surface area contributed by atoms with Gasteiger partial charge in [0.05, 0.1) is 21.3 Å². The minimum atomic E-state index is -0.201. The molecule has 0 N–H and O–H groups in total. The maximum absolute atomic E-state index is 12.9. The average Bonchev–Trinajstić information content (AvgIpc) is 3.31. The van der Waals surface area contributed by atoms with Gasteiger partial charge in [0.15, 0.2) is 23.1 Å². The fraction of sp³-hybridized carbons (Fsp3) is 0.222. The summed E-state index contributed by atoms with van der Waals surface area (Å²) in [5.74, 6) is 1.26. The van der Waals surface area contributed by atoms with E-state index in [0.717, 1.165) is 10.9 Å². The molecule has 0 aliphatic heterocycles. The molecule has 0 atom stereocenters. The van der Waals surface area contributed by atoms with Gasteiger partial charge < -0.3 is 14.2 Å². The van der Waals surface area contributed by atoms with Crippen LogP contribution in [0.1, 0.15) is 39.3 Å². The molecule has 0 fully saturated rings. The van der Waals surface area contributed by atoms with Gasteiger partial charge in [-0.25, -0.2) is 4.98 Å². The minimum absolute atomic E-state index is 0.0510. The number of rotatable bonds is 9. The molecule has 0 aliphatic rings. The third-order valence-electron chi connectivity index (χ3n) is 5.70. The number of benzene rings is 2. The van der Waals surface area contributed by atoms with Gasteiger partial charge in [0, 0.05) is 39.4 Å². The molecule has 0 aliphatic carbocycles.